The molecule has 2 rings (SSSR count). The Morgan fingerprint density at radius 3 is 2.59 bits per heavy atom. The third-order valence-electron chi connectivity index (χ3n) is 2.91. The van der Waals surface area contributed by atoms with Gasteiger partial charge in [-0.3, -0.25) is 0 Å². The van der Waals surface area contributed by atoms with Crippen LogP contribution < -0.4 is 0 Å². The summed E-state index contributed by atoms with van der Waals surface area (Å²) in [6.45, 7) is 0. The molecule has 8 nitrogen and oxygen atoms in total. The van der Waals surface area contributed by atoms with Crippen LogP contribution >= 0.6 is 0 Å². The number of carbonyl (C=O) groups is 1. The second-order valence-corrected chi connectivity index (χ2v) is 6.41. The second-order valence-electron chi connectivity index (χ2n) is 4.27. The van der Waals surface area contributed by atoms with Crippen LogP contribution in [0.4, 0.5) is 0 Å². The van der Waals surface area contributed by atoms with E-state index in [0.29, 0.717) is 12.8 Å². The summed E-state index contributed by atoms with van der Waals surface area (Å²) in [4.78, 5) is 11.3. The zero-order chi connectivity index (χ0) is 12.7. The molecule has 0 aromatic carbocycles. The molecule has 0 amide bonds. The highest BCUT2D eigenvalue weighted by atomic mass is 32.2. The van der Waals surface area contributed by atoms with Crippen LogP contribution in [0.3, 0.4) is 0 Å². The minimum absolute atomic E-state index is 0.0783. The number of aliphatic carboxylic acids is 1. The third kappa shape index (κ3) is 2.02. The Morgan fingerprint density at radius 2 is 2.18 bits per heavy atom. The van der Waals surface area contributed by atoms with E-state index in [2.05, 4.69) is 15.5 Å². The van der Waals surface area contributed by atoms with Crippen molar-refractivity contribution in [3.05, 3.63) is 5.82 Å². The fourth-order valence-electron chi connectivity index (χ4n) is 1.89. The van der Waals surface area contributed by atoms with Crippen LogP contribution in [-0.2, 0) is 25.9 Å². The van der Waals surface area contributed by atoms with Gasteiger partial charge in [-0.2, -0.15) is 0 Å². The summed E-state index contributed by atoms with van der Waals surface area (Å²) < 4.78 is 23.5. The first-order valence-corrected chi connectivity index (χ1v) is 7.10. The van der Waals surface area contributed by atoms with Crippen molar-refractivity contribution in [2.75, 3.05) is 6.26 Å². The molecule has 0 radical (unpaired) electrons. The molecular weight excluding hydrogens is 248 g/mol. The summed E-state index contributed by atoms with van der Waals surface area (Å²) in [6.07, 6.45) is 2.67. The van der Waals surface area contributed by atoms with E-state index in [4.69, 9.17) is 0 Å². The van der Waals surface area contributed by atoms with Crippen molar-refractivity contribution in [2.24, 2.45) is 0 Å². The smallest absolute Gasteiger partial charge is 0.331 e. The molecule has 1 heterocycles. The quantitative estimate of drug-likeness (QED) is 0.752. The predicted octanol–water partition coefficient (Wildman–Crippen LogP) is -0.819. The summed E-state index contributed by atoms with van der Waals surface area (Å²) in [5, 5.41) is 19.8. The number of tetrazole rings is 1. The normalized spacial score (nSPS) is 18.6. The molecule has 0 spiro atoms. The number of hydrogen-bond donors (Lipinski definition) is 1. The molecule has 0 unspecified atom stereocenters. The summed E-state index contributed by atoms with van der Waals surface area (Å²) in [5.41, 5.74) is -1.16. The maximum atomic E-state index is 11.3. The number of sulfone groups is 1. The van der Waals surface area contributed by atoms with E-state index in [-0.39, 0.29) is 11.6 Å². The standard InChI is InChI=1S/C8H12N4O4S/c1-17(15,16)5-6-9-10-11-12(6)8(7(13)14)3-2-4-8/h2-5H2,1H3,(H,13,14). The molecule has 17 heavy (non-hydrogen) atoms. The van der Waals surface area contributed by atoms with Gasteiger partial charge in [0.05, 0.1) is 0 Å². The van der Waals surface area contributed by atoms with Crippen LogP contribution in [0.2, 0.25) is 0 Å². The number of carboxylic acids is 1. The Balaban J connectivity index is 2.40. The Morgan fingerprint density at radius 1 is 1.53 bits per heavy atom. The zero-order valence-corrected chi connectivity index (χ0v) is 10.0. The molecule has 1 aliphatic carbocycles. The highest BCUT2D eigenvalue weighted by Gasteiger charge is 2.49. The summed E-state index contributed by atoms with van der Waals surface area (Å²) >= 11 is 0. The van der Waals surface area contributed by atoms with E-state index < -0.39 is 21.3 Å². The van der Waals surface area contributed by atoms with Crippen molar-refractivity contribution in [1.29, 1.82) is 0 Å². The molecule has 1 aliphatic rings. The molecule has 0 bridgehead atoms. The van der Waals surface area contributed by atoms with Gasteiger partial charge in [0.15, 0.2) is 21.2 Å². The number of rotatable bonds is 4. The van der Waals surface area contributed by atoms with Gasteiger partial charge in [0.2, 0.25) is 0 Å². The molecule has 0 saturated heterocycles. The molecule has 1 aromatic rings. The van der Waals surface area contributed by atoms with Gasteiger partial charge < -0.3 is 5.11 Å². The lowest BCUT2D eigenvalue weighted by Gasteiger charge is -2.37. The van der Waals surface area contributed by atoms with Crippen molar-refractivity contribution in [2.45, 2.75) is 30.6 Å². The fourth-order valence-corrected chi connectivity index (χ4v) is 2.54. The number of aromatic nitrogens is 4. The average Bonchev–Trinajstić information content (AvgIpc) is 2.47. The zero-order valence-electron chi connectivity index (χ0n) is 9.20. The van der Waals surface area contributed by atoms with E-state index in [0.717, 1.165) is 17.4 Å². The Hall–Kier alpha value is -1.51. The molecule has 1 saturated carbocycles. The number of nitrogens with zero attached hydrogens (tertiary/aromatic N) is 4. The van der Waals surface area contributed by atoms with Gasteiger partial charge in [-0.05, 0) is 29.7 Å². The van der Waals surface area contributed by atoms with E-state index in [1.165, 1.54) is 0 Å². The van der Waals surface area contributed by atoms with Gasteiger partial charge >= 0.3 is 5.97 Å². The van der Waals surface area contributed by atoms with Crippen LogP contribution in [0.25, 0.3) is 0 Å². The van der Waals surface area contributed by atoms with Crippen LogP contribution in [0.1, 0.15) is 25.1 Å². The minimum Gasteiger partial charge on any atom is -0.479 e. The molecule has 1 fully saturated rings. The van der Waals surface area contributed by atoms with Gasteiger partial charge in [-0.1, -0.05) is 0 Å². The predicted molar refractivity (Wildman–Crippen MR) is 55.8 cm³/mol. The summed E-state index contributed by atoms with van der Waals surface area (Å²) in [6, 6.07) is 0. The highest BCUT2D eigenvalue weighted by molar-refractivity contribution is 7.89. The molecule has 0 aliphatic heterocycles. The maximum absolute atomic E-state index is 11.3. The third-order valence-corrected chi connectivity index (χ3v) is 3.69. The molecule has 94 valence electrons. The minimum atomic E-state index is -3.30. The molecule has 1 aromatic heterocycles. The lowest BCUT2D eigenvalue weighted by Crippen LogP contribution is -2.49. The molecule has 9 heteroatoms. The average molecular weight is 260 g/mol. The second kappa shape index (κ2) is 3.76. The highest BCUT2D eigenvalue weighted by Crippen LogP contribution is 2.39. The largest absolute Gasteiger partial charge is 0.479 e. The summed E-state index contributed by atoms with van der Waals surface area (Å²) in [5.74, 6) is -1.30. The van der Waals surface area contributed by atoms with E-state index in [9.17, 15) is 18.3 Å². The SMILES string of the molecule is CS(=O)(=O)Cc1nnnn1C1(C(=O)O)CCC1. The van der Waals surface area contributed by atoms with Crippen LogP contribution in [-0.4, -0.2) is 46.0 Å². The van der Waals surface area contributed by atoms with Crippen molar-refractivity contribution in [3.8, 4) is 0 Å². The lowest BCUT2D eigenvalue weighted by molar-refractivity contribution is -0.153. The summed E-state index contributed by atoms with van der Waals surface area (Å²) in [7, 11) is -3.30. The van der Waals surface area contributed by atoms with Crippen LogP contribution in [0.15, 0.2) is 0 Å². The van der Waals surface area contributed by atoms with E-state index >= 15 is 0 Å². The molecule has 1 N–H and O–H groups in total. The monoisotopic (exact) mass is 260 g/mol. The van der Waals surface area contributed by atoms with E-state index in [1.54, 1.807) is 0 Å². The van der Waals surface area contributed by atoms with Gasteiger partial charge in [-0.15, -0.1) is 5.10 Å². The number of carboxylic acid groups (broad SMARTS) is 1. The first-order chi connectivity index (χ1) is 7.85. The first-order valence-electron chi connectivity index (χ1n) is 5.04. The van der Waals surface area contributed by atoms with Gasteiger partial charge in [0.1, 0.15) is 5.75 Å². The lowest BCUT2D eigenvalue weighted by atomic mass is 9.77. The number of hydrogen-bond acceptors (Lipinski definition) is 6. The van der Waals surface area contributed by atoms with Gasteiger partial charge in [0, 0.05) is 6.26 Å². The first kappa shape index (κ1) is 12.0. The van der Waals surface area contributed by atoms with Crippen molar-refractivity contribution >= 4 is 15.8 Å². The van der Waals surface area contributed by atoms with Crippen molar-refractivity contribution in [1.82, 2.24) is 20.2 Å². The van der Waals surface area contributed by atoms with Gasteiger partial charge in [0.25, 0.3) is 0 Å². The molecule has 0 atom stereocenters. The van der Waals surface area contributed by atoms with Crippen LogP contribution in [0.5, 0.6) is 0 Å². The molecular formula is C8H12N4O4S. The van der Waals surface area contributed by atoms with Gasteiger partial charge in [-0.25, -0.2) is 17.9 Å². The Bertz CT molecular complexity index is 546. The van der Waals surface area contributed by atoms with Crippen LogP contribution in [0, 0.1) is 0 Å². The Labute approximate surface area is 97.5 Å². The topological polar surface area (TPSA) is 115 Å². The van der Waals surface area contributed by atoms with E-state index in [1.807, 2.05) is 0 Å². The Kier molecular flexibility index (Phi) is 2.64. The fraction of sp³-hybridized carbons (Fsp3) is 0.750. The van der Waals surface area contributed by atoms with Crippen molar-refractivity contribution in [3.63, 3.8) is 0 Å². The van der Waals surface area contributed by atoms with Crippen molar-refractivity contribution < 1.29 is 18.3 Å². The maximum Gasteiger partial charge on any atom is 0.331 e.